The molecule has 0 saturated heterocycles. The molecule has 0 aliphatic heterocycles. The number of benzene rings is 1. The van der Waals surface area contributed by atoms with Crippen molar-refractivity contribution >= 4 is 27.5 Å². The standard InChI is InChI=1S/C16H16BrFN2O3/c1-22-6-7-23-16-5-3-12(10-19-16)20-15(21)9-11-2-4-14(18)13(17)8-11/h2-5,8,10H,6-7,9H2,1H3,(H,20,21). The quantitative estimate of drug-likeness (QED) is 0.747. The maximum atomic E-state index is 13.2. The Morgan fingerprint density at radius 1 is 1.30 bits per heavy atom. The second-order valence-electron chi connectivity index (χ2n) is 4.70. The van der Waals surface area contributed by atoms with Gasteiger partial charge in [0.1, 0.15) is 12.4 Å². The molecule has 1 aromatic heterocycles. The molecular weight excluding hydrogens is 367 g/mol. The Kier molecular flexibility index (Phi) is 6.49. The maximum absolute atomic E-state index is 13.2. The lowest BCUT2D eigenvalue weighted by Crippen LogP contribution is -2.14. The average molecular weight is 383 g/mol. The molecule has 1 amide bonds. The number of carbonyl (C=O) groups is 1. The van der Waals surface area contributed by atoms with Gasteiger partial charge in [0.25, 0.3) is 0 Å². The van der Waals surface area contributed by atoms with Crippen LogP contribution in [0.15, 0.2) is 41.0 Å². The van der Waals surface area contributed by atoms with Crippen LogP contribution in [0.2, 0.25) is 0 Å². The van der Waals surface area contributed by atoms with Crippen LogP contribution in [0.5, 0.6) is 5.88 Å². The van der Waals surface area contributed by atoms with Crippen LogP contribution < -0.4 is 10.1 Å². The minimum Gasteiger partial charge on any atom is -0.475 e. The molecule has 122 valence electrons. The summed E-state index contributed by atoms with van der Waals surface area (Å²) in [6, 6.07) is 7.85. The molecule has 1 N–H and O–H groups in total. The van der Waals surface area contributed by atoms with Crippen LogP contribution in [-0.4, -0.2) is 31.2 Å². The molecule has 0 radical (unpaired) electrons. The van der Waals surface area contributed by atoms with Crippen LogP contribution in [0.4, 0.5) is 10.1 Å². The molecule has 5 nitrogen and oxygen atoms in total. The summed E-state index contributed by atoms with van der Waals surface area (Å²) in [6.45, 7) is 0.891. The molecule has 0 fully saturated rings. The molecule has 0 aliphatic rings. The summed E-state index contributed by atoms with van der Waals surface area (Å²) >= 11 is 3.10. The minimum atomic E-state index is -0.359. The van der Waals surface area contributed by atoms with Gasteiger partial charge in [-0.1, -0.05) is 6.07 Å². The Morgan fingerprint density at radius 2 is 2.13 bits per heavy atom. The predicted octanol–water partition coefficient (Wildman–Crippen LogP) is 3.19. The number of hydrogen-bond acceptors (Lipinski definition) is 4. The van der Waals surface area contributed by atoms with E-state index in [1.807, 2.05) is 0 Å². The SMILES string of the molecule is COCCOc1ccc(NC(=O)Cc2ccc(F)c(Br)c2)cn1. The Labute approximate surface area is 142 Å². The fraction of sp³-hybridized carbons (Fsp3) is 0.250. The number of nitrogens with one attached hydrogen (secondary N) is 1. The molecule has 0 aliphatic carbocycles. The van der Waals surface area contributed by atoms with E-state index < -0.39 is 0 Å². The lowest BCUT2D eigenvalue weighted by atomic mass is 10.1. The lowest BCUT2D eigenvalue weighted by molar-refractivity contribution is -0.115. The Morgan fingerprint density at radius 3 is 2.78 bits per heavy atom. The molecule has 0 bridgehead atoms. The number of ether oxygens (including phenoxy) is 2. The smallest absolute Gasteiger partial charge is 0.228 e. The molecule has 23 heavy (non-hydrogen) atoms. The van der Waals surface area contributed by atoms with Crippen molar-refractivity contribution in [2.45, 2.75) is 6.42 Å². The third kappa shape index (κ3) is 5.61. The molecule has 0 atom stereocenters. The topological polar surface area (TPSA) is 60.5 Å². The zero-order valence-corrected chi connectivity index (χ0v) is 14.1. The number of amides is 1. The van der Waals surface area contributed by atoms with Crippen molar-refractivity contribution in [1.82, 2.24) is 4.98 Å². The third-order valence-corrected chi connectivity index (χ3v) is 3.51. The molecule has 2 aromatic rings. The zero-order valence-electron chi connectivity index (χ0n) is 12.5. The number of anilines is 1. The fourth-order valence-corrected chi connectivity index (χ4v) is 2.24. The van der Waals surface area contributed by atoms with Crippen molar-refractivity contribution in [2.75, 3.05) is 25.6 Å². The number of pyridine rings is 1. The van der Waals surface area contributed by atoms with Gasteiger partial charge < -0.3 is 14.8 Å². The summed E-state index contributed by atoms with van der Waals surface area (Å²) < 4.78 is 23.7. The van der Waals surface area contributed by atoms with Crippen LogP contribution in [0, 0.1) is 5.82 Å². The van der Waals surface area contributed by atoms with E-state index >= 15 is 0 Å². The summed E-state index contributed by atoms with van der Waals surface area (Å²) in [5.74, 6) is -0.108. The molecule has 1 heterocycles. The number of rotatable bonds is 7. The van der Waals surface area contributed by atoms with Crippen molar-refractivity contribution in [3.8, 4) is 5.88 Å². The first-order chi connectivity index (χ1) is 11.1. The molecule has 7 heteroatoms. The highest BCUT2D eigenvalue weighted by Crippen LogP contribution is 2.18. The molecular formula is C16H16BrFN2O3. The molecule has 0 unspecified atom stereocenters. The second kappa shape index (κ2) is 8.59. The zero-order chi connectivity index (χ0) is 16.7. The number of methoxy groups -OCH3 is 1. The third-order valence-electron chi connectivity index (χ3n) is 2.91. The summed E-state index contributed by atoms with van der Waals surface area (Å²) in [6.07, 6.45) is 1.66. The van der Waals surface area contributed by atoms with E-state index in [2.05, 4.69) is 26.2 Å². The fourth-order valence-electron chi connectivity index (χ4n) is 1.81. The highest BCUT2D eigenvalue weighted by atomic mass is 79.9. The second-order valence-corrected chi connectivity index (χ2v) is 5.55. The lowest BCUT2D eigenvalue weighted by Gasteiger charge is -2.07. The highest BCUT2D eigenvalue weighted by molar-refractivity contribution is 9.10. The number of aromatic nitrogens is 1. The van der Waals surface area contributed by atoms with Crippen molar-refractivity contribution in [3.05, 3.63) is 52.4 Å². The molecule has 0 saturated carbocycles. The number of hydrogen-bond donors (Lipinski definition) is 1. The van der Waals surface area contributed by atoms with E-state index in [0.29, 0.717) is 34.8 Å². The minimum absolute atomic E-state index is 0.144. The Bertz CT molecular complexity index is 665. The van der Waals surface area contributed by atoms with Crippen molar-refractivity contribution in [1.29, 1.82) is 0 Å². The van der Waals surface area contributed by atoms with Crippen molar-refractivity contribution < 1.29 is 18.7 Å². The van der Waals surface area contributed by atoms with Crippen molar-refractivity contribution in [2.24, 2.45) is 0 Å². The van der Waals surface area contributed by atoms with Gasteiger partial charge in [-0.05, 0) is 39.7 Å². The number of nitrogens with zero attached hydrogens (tertiary/aromatic N) is 1. The number of carbonyl (C=O) groups excluding carboxylic acids is 1. The van der Waals surface area contributed by atoms with E-state index in [4.69, 9.17) is 9.47 Å². The van der Waals surface area contributed by atoms with Crippen LogP contribution in [-0.2, 0) is 16.0 Å². The van der Waals surface area contributed by atoms with E-state index in [1.165, 1.54) is 12.3 Å². The van der Waals surface area contributed by atoms with Gasteiger partial charge in [0, 0.05) is 13.2 Å². The van der Waals surface area contributed by atoms with Crippen LogP contribution in [0.3, 0.4) is 0 Å². The molecule has 2 rings (SSSR count). The van der Waals surface area contributed by atoms with Gasteiger partial charge >= 0.3 is 0 Å². The van der Waals surface area contributed by atoms with Gasteiger partial charge in [-0.15, -0.1) is 0 Å². The van der Waals surface area contributed by atoms with E-state index in [1.54, 1.807) is 31.4 Å². The monoisotopic (exact) mass is 382 g/mol. The maximum Gasteiger partial charge on any atom is 0.228 e. The van der Waals surface area contributed by atoms with E-state index in [-0.39, 0.29) is 18.1 Å². The highest BCUT2D eigenvalue weighted by Gasteiger charge is 2.07. The van der Waals surface area contributed by atoms with Gasteiger partial charge in [-0.25, -0.2) is 9.37 Å². The first kappa shape index (κ1) is 17.4. The van der Waals surface area contributed by atoms with Crippen molar-refractivity contribution in [3.63, 3.8) is 0 Å². The Hall–Kier alpha value is -1.99. The van der Waals surface area contributed by atoms with Crippen LogP contribution >= 0.6 is 15.9 Å². The van der Waals surface area contributed by atoms with Gasteiger partial charge in [-0.3, -0.25) is 4.79 Å². The van der Waals surface area contributed by atoms with Gasteiger partial charge in [0.15, 0.2) is 0 Å². The van der Waals surface area contributed by atoms with Crippen LogP contribution in [0.1, 0.15) is 5.56 Å². The summed E-state index contributed by atoms with van der Waals surface area (Å²) in [5.41, 5.74) is 1.28. The van der Waals surface area contributed by atoms with Crippen LogP contribution in [0.25, 0.3) is 0 Å². The summed E-state index contributed by atoms with van der Waals surface area (Å²) in [5, 5.41) is 2.73. The summed E-state index contributed by atoms with van der Waals surface area (Å²) in [7, 11) is 1.59. The first-order valence-corrected chi connectivity index (χ1v) is 7.69. The normalized spacial score (nSPS) is 10.4. The van der Waals surface area contributed by atoms with E-state index in [0.717, 1.165) is 0 Å². The molecule has 1 aromatic carbocycles. The average Bonchev–Trinajstić information content (AvgIpc) is 2.53. The van der Waals surface area contributed by atoms with Gasteiger partial charge in [-0.2, -0.15) is 0 Å². The summed E-state index contributed by atoms with van der Waals surface area (Å²) in [4.78, 5) is 16.1. The first-order valence-electron chi connectivity index (χ1n) is 6.90. The number of halogens is 2. The molecule has 0 spiro atoms. The van der Waals surface area contributed by atoms with Gasteiger partial charge in [0.05, 0.1) is 29.4 Å². The van der Waals surface area contributed by atoms with Gasteiger partial charge in [0.2, 0.25) is 11.8 Å². The Balaban J connectivity index is 1.88. The predicted molar refractivity (Wildman–Crippen MR) is 88.0 cm³/mol. The van der Waals surface area contributed by atoms with E-state index in [9.17, 15) is 9.18 Å². The largest absolute Gasteiger partial charge is 0.475 e.